The van der Waals surface area contributed by atoms with Gasteiger partial charge in [-0.05, 0) is 32.0 Å². The highest BCUT2D eigenvalue weighted by molar-refractivity contribution is 5.42. The number of hydrogen-bond donors (Lipinski definition) is 19. The van der Waals surface area contributed by atoms with Crippen LogP contribution in [0.1, 0.15) is 51.2 Å². The Balaban J connectivity index is 0.000000191. The number of hydrogen-bond acceptors (Lipinski definition) is 37. The van der Waals surface area contributed by atoms with E-state index in [1.54, 1.807) is 0 Å². The number of ether oxygens (including phenoxy) is 6. The predicted molar refractivity (Wildman–Crippen MR) is 369 cm³/mol. The molecule has 0 aliphatic carbocycles. The topological polar surface area (TPSA) is 688 Å². The Kier molecular flexibility index (Phi) is 28.2. The van der Waals surface area contributed by atoms with Crippen molar-refractivity contribution in [1.29, 1.82) is 0 Å². The molecule has 12 heterocycles. The van der Waals surface area contributed by atoms with Crippen LogP contribution in [0.2, 0.25) is 0 Å². The summed E-state index contributed by atoms with van der Waals surface area (Å²) in [5.74, 6) is 1.54. The molecular weight excluding hydrogens is 1570 g/mol. The number of alkyl halides is 6. The van der Waals surface area contributed by atoms with Gasteiger partial charge in [-0.1, -0.05) is 17.8 Å². The van der Waals surface area contributed by atoms with Crippen molar-refractivity contribution in [1.82, 2.24) is 57.3 Å². The molecule has 6 aliphatic rings. The van der Waals surface area contributed by atoms with Crippen molar-refractivity contribution >= 4 is 34.9 Å². The second kappa shape index (κ2) is 35.7. The molecule has 52 heteroatoms. The first kappa shape index (κ1) is 91.0. The third kappa shape index (κ3) is 17.6. The van der Waals surface area contributed by atoms with Gasteiger partial charge >= 0.3 is 39.9 Å². The first-order chi connectivity index (χ1) is 53.8. The smallest absolute Gasteiger partial charge is 0.390 e. The van der Waals surface area contributed by atoms with Crippen molar-refractivity contribution in [3.8, 4) is 42.8 Å². The fraction of sp³-hybridized carbons (Fsp3) is 0.508. The molecule has 0 aromatic carbocycles. The van der Waals surface area contributed by atoms with Crippen molar-refractivity contribution in [3.05, 3.63) is 141 Å². The Labute approximate surface area is 637 Å². The van der Waals surface area contributed by atoms with Crippen LogP contribution in [0, 0.1) is 55.2 Å². The van der Waals surface area contributed by atoms with Crippen LogP contribution in [-0.2, 0) is 28.4 Å². The molecule has 44 nitrogen and oxygen atoms in total. The van der Waals surface area contributed by atoms with Crippen LogP contribution in [0.15, 0.2) is 84.1 Å². The molecule has 6 aliphatic heterocycles. The van der Waals surface area contributed by atoms with Crippen molar-refractivity contribution in [3.63, 3.8) is 0 Å². The average molecular weight is 1650 g/mol. The third-order valence-corrected chi connectivity index (χ3v) is 18.2. The first-order valence-electron chi connectivity index (χ1n) is 32.5. The number of terminal acetylenes is 3. The molecule has 24 unspecified atom stereocenters. The summed E-state index contributed by atoms with van der Waals surface area (Å²) < 4.78 is 145. The zero-order valence-corrected chi connectivity index (χ0v) is 59.1. The maximum atomic E-state index is 14.1. The lowest BCUT2D eigenvalue weighted by Gasteiger charge is -2.24. The van der Waals surface area contributed by atoms with Crippen molar-refractivity contribution < 1.29 is 130 Å². The summed E-state index contributed by atoms with van der Waals surface area (Å²) in [5, 5.41) is 122. The molecule has 24 atom stereocenters. The van der Waals surface area contributed by atoms with Gasteiger partial charge in [0.2, 0.25) is 0 Å². The highest BCUT2D eigenvalue weighted by Gasteiger charge is 2.63. The van der Waals surface area contributed by atoms with Crippen LogP contribution in [0.5, 0.6) is 5.75 Å². The average Bonchev–Trinajstić information content (AvgIpc) is 1.65. The van der Waals surface area contributed by atoms with Gasteiger partial charge < -0.3 is 124 Å². The molecule has 0 bridgehead atoms. The second-order valence-corrected chi connectivity index (χ2v) is 25.7. The first-order valence-corrected chi connectivity index (χ1v) is 32.5. The zero-order valence-electron chi connectivity index (χ0n) is 59.1. The van der Waals surface area contributed by atoms with E-state index in [0.717, 1.165) is 26.1 Å². The number of nitrogen functional groups attached to an aromatic ring is 6. The lowest BCUT2D eigenvalue weighted by Crippen LogP contribution is -2.44. The van der Waals surface area contributed by atoms with E-state index in [2.05, 4.69) is 34.7 Å². The molecule has 115 heavy (non-hydrogen) atoms. The number of aromatic nitrogens is 12. The highest BCUT2D eigenvalue weighted by atomic mass is 19.2. The summed E-state index contributed by atoms with van der Waals surface area (Å²) in [4.78, 5) is 92.3. The van der Waals surface area contributed by atoms with Crippen LogP contribution >= 0.6 is 0 Å². The van der Waals surface area contributed by atoms with E-state index in [0.29, 0.717) is 26.1 Å². The predicted octanol–water partition coefficient (Wildman–Crippen LogP) is -8.49. The maximum Gasteiger partial charge on any atom is 0.390 e. The monoisotopic (exact) mass is 1650 g/mol. The van der Waals surface area contributed by atoms with Gasteiger partial charge in [-0.15, -0.1) is 19.3 Å². The van der Waals surface area contributed by atoms with E-state index in [-0.39, 0.29) is 17.5 Å². The van der Waals surface area contributed by atoms with Crippen LogP contribution in [0.4, 0.5) is 70.0 Å². The van der Waals surface area contributed by atoms with Gasteiger partial charge in [-0.2, -0.15) is 29.9 Å². The number of aliphatic hydroxyl groups is 12. The summed E-state index contributed by atoms with van der Waals surface area (Å²) in [5.41, 5.74) is 14.8. The minimum absolute atomic E-state index is 0.00937. The summed E-state index contributed by atoms with van der Waals surface area (Å²) in [6.45, 7) is 4.91. The van der Waals surface area contributed by atoms with E-state index >= 15 is 0 Å². The van der Waals surface area contributed by atoms with E-state index in [9.17, 15) is 105 Å². The van der Waals surface area contributed by atoms with Crippen molar-refractivity contribution in [2.75, 3.05) is 74.0 Å². The number of aromatic hydroxyl groups is 1. The molecule has 6 aromatic rings. The number of aliphatic hydroxyl groups excluding tert-OH is 12. The lowest BCUT2D eigenvalue weighted by molar-refractivity contribution is -0.117. The van der Waals surface area contributed by atoms with E-state index in [1.807, 2.05) is 17.8 Å². The molecule has 0 spiro atoms. The third-order valence-electron chi connectivity index (χ3n) is 18.2. The fourth-order valence-electron chi connectivity index (χ4n) is 11.3. The molecule has 25 N–H and O–H groups in total. The Morgan fingerprint density at radius 1 is 0.409 bits per heavy atom. The summed E-state index contributed by atoms with van der Waals surface area (Å²) in [6.07, 6.45) is -11.0. The van der Waals surface area contributed by atoms with Crippen LogP contribution in [0.25, 0.3) is 4.85 Å². The fourth-order valence-corrected chi connectivity index (χ4v) is 11.3. The van der Waals surface area contributed by atoms with Gasteiger partial charge in [0.1, 0.15) is 59.2 Å². The van der Waals surface area contributed by atoms with Crippen molar-refractivity contribution in [2.24, 2.45) is 0 Å². The molecular formula is C63H73F8N19O25. The Morgan fingerprint density at radius 2 is 0.670 bits per heavy atom. The molecule has 626 valence electrons. The highest BCUT2D eigenvalue weighted by Crippen LogP contribution is 2.44. The van der Waals surface area contributed by atoms with E-state index < -0.39 is 253 Å². The second-order valence-electron chi connectivity index (χ2n) is 25.7. The number of nitrogens with zero attached hydrogens (tertiary/aromatic N) is 13. The standard InChI is InChI=1S/C11H11F2N3O4.C11H12FN3O5.C11H12FN3O4.C10H13F2N3O4.C10H11FN4O4.C10H14FN3O4/c1-2-11(4-17)7(18)6(13)9(20-11)16-3-5(12)8(14)15-10(16)19;1-2-11(4-16)7(18)6(12)9(20-11)15-3-5(17)8(13)14-10(15)19;1-2-11(5-16)8(17)7(12)9(19-11)15-4-3-6(13)14-10(15)18;1-10(3-16)6(17)5(12)8(19-10)15-2-4(11)7(13)14-9(15)18;1-13-10(4-16)7(17)6(11)8(19-10)15-3-2-5(12)14-9(15)18;1-10(4-15)7(16)6(11)8(18-10)14-3-2-5(12)13-9(14)17/h1,3,6-7,9,17-18H,4H2,(H2,14,15,19);1,3,6-7,9,16-18H,4H2,(H2,13,14,19);1,3-4,7-9,16-17H,5H2,(H2,13,14,18);2,5-6,8,16-17H,3H2,1H3,(H2,13,14,18);2-3,6-8,16-17H,4H2,(H2,12,14,18);2-3,6-8,15-16H,4H2,1H3,(H2,12,13,17). The normalized spacial score (nSPS) is 34.1. The molecule has 0 saturated carbocycles. The molecule has 0 amide bonds. The van der Waals surface area contributed by atoms with Gasteiger partial charge in [-0.25, -0.2) is 70.5 Å². The summed E-state index contributed by atoms with van der Waals surface area (Å²) in [7, 11) is 0. The largest absolute Gasteiger partial charge is 0.503 e. The van der Waals surface area contributed by atoms with Gasteiger partial charge in [0, 0.05) is 18.6 Å². The van der Waals surface area contributed by atoms with E-state index in [1.165, 1.54) is 44.4 Å². The minimum atomic E-state index is -2.15. The summed E-state index contributed by atoms with van der Waals surface area (Å²) in [6, 6.07) is 3.85. The van der Waals surface area contributed by atoms with Gasteiger partial charge in [-0.3, -0.25) is 37.0 Å². The number of anilines is 6. The Bertz CT molecular complexity index is 4860. The molecule has 6 saturated heterocycles. The SMILES string of the molecule is C#CC1(CO)OC(n2cc(F)c(N)nc2=O)C(F)C1O.C#CC1(CO)OC(n2cc(O)c(N)nc2=O)C(F)C1O.C#CC1(CO)OC(n2ccc(N)nc2=O)C(F)C1O.CC1(CO)OC(n2cc(F)c(N)nc2=O)C(F)C1O.CC1(CO)OC(n2ccc(N)nc2=O)C(F)C1O.[C-]#[N+]C1(CO)OC(n2ccc(N)nc2=O)C(F)C1O. The number of halogens is 8. The summed E-state index contributed by atoms with van der Waals surface area (Å²) >= 11 is 0. The van der Waals surface area contributed by atoms with Crippen LogP contribution in [-0.4, -0.2) is 271 Å². The lowest BCUT2D eigenvalue weighted by atomic mass is 9.98. The van der Waals surface area contributed by atoms with Gasteiger partial charge in [0.15, 0.2) is 139 Å². The van der Waals surface area contributed by atoms with Crippen LogP contribution < -0.4 is 68.5 Å². The van der Waals surface area contributed by atoms with Crippen molar-refractivity contribution in [2.45, 2.75) is 159 Å². The zero-order chi connectivity index (χ0) is 86.4. The maximum absolute atomic E-state index is 14.1. The molecule has 6 aromatic heterocycles. The van der Waals surface area contributed by atoms with Gasteiger partial charge in [0.25, 0.3) is 0 Å². The minimum Gasteiger partial charge on any atom is -0.503 e. The quantitative estimate of drug-likeness (QED) is 0.0307. The molecule has 6 fully saturated rings. The van der Waals surface area contributed by atoms with E-state index in [4.69, 9.17) is 114 Å². The molecule has 12 rings (SSSR count). The number of nitrogens with two attached hydrogens (primary N) is 6. The molecule has 0 radical (unpaired) electrons. The van der Waals surface area contributed by atoms with Crippen LogP contribution in [0.3, 0.4) is 0 Å². The van der Waals surface area contributed by atoms with Gasteiger partial charge in [0.05, 0.1) is 51.6 Å². The Morgan fingerprint density at radius 3 is 0.930 bits per heavy atom. The number of rotatable bonds is 12. The Hall–Kier alpha value is -11.2.